The molecule has 0 saturated heterocycles. The summed E-state index contributed by atoms with van der Waals surface area (Å²) in [6.07, 6.45) is 1.03. The second-order valence-electron chi connectivity index (χ2n) is 4.96. The highest BCUT2D eigenvalue weighted by Crippen LogP contribution is 2.29. The quantitative estimate of drug-likeness (QED) is 0.610. The van der Waals surface area contributed by atoms with Gasteiger partial charge in [-0.1, -0.05) is 0 Å². The van der Waals surface area contributed by atoms with Crippen molar-refractivity contribution < 1.29 is 23.0 Å². The molecule has 134 valence electrons. The Labute approximate surface area is 148 Å². The molecule has 0 spiro atoms. The lowest BCUT2D eigenvalue weighted by molar-refractivity contribution is -0.112. The molecule has 2 N–H and O–H groups in total. The highest BCUT2D eigenvalue weighted by atomic mass is 19.1. The Balaban J connectivity index is 2.20. The van der Waals surface area contributed by atoms with Crippen molar-refractivity contribution in [2.75, 3.05) is 24.9 Å². The highest BCUT2D eigenvalue weighted by Gasteiger charge is 2.13. The molecule has 0 aliphatic rings. The first-order chi connectivity index (χ1) is 12.5. The van der Waals surface area contributed by atoms with Gasteiger partial charge in [0.05, 0.1) is 25.6 Å². The van der Waals surface area contributed by atoms with Crippen LogP contribution in [0.3, 0.4) is 0 Å². The molecular formula is C18H15F2N3O3. The van der Waals surface area contributed by atoms with Gasteiger partial charge in [-0.15, -0.1) is 0 Å². The molecule has 0 saturated carbocycles. The molecule has 2 aromatic rings. The molecule has 26 heavy (non-hydrogen) atoms. The van der Waals surface area contributed by atoms with Crippen LogP contribution >= 0.6 is 0 Å². The number of methoxy groups -OCH3 is 2. The third-order valence-electron chi connectivity index (χ3n) is 3.32. The van der Waals surface area contributed by atoms with Crippen LogP contribution in [0.2, 0.25) is 0 Å². The molecule has 1 amide bonds. The topological polar surface area (TPSA) is 83.4 Å². The van der Waals surface area contributed by atoms with E-state index in [4.69, 9.17) is 14.7 Å². The van der Waals surface area contributed by atoms with Crippen LogP contribution in [0, 0.1) is 23.0 Å². The van der Waals surface area contributed by atoms with E-state index in [-0.39, 0.29) is 11.3 Å². The van der Waals surface area contributed by atoms with Gasteiger partial charge in [0.1, 0.15) is 34.8 Å². The first kappa shape index (κ1) is 18.7. The summed E-state index contributed by atoms with van der Waals surface area (Å²) in [6.45, 7) is 0. The molecule has 0 atom stereocenters. The number of nitriles is 1. The summed E-state index contributed by atoms with van der Waals surface area (Å²) < 4.78 is 36.7. The predicted octanol–water partition coefficient (Wildman–Crippen LogP) is 3.44. The molecule has 2 aromatic carbocycles. The van der Waals surface area contributed by atoms with Crippen molar-refractivity contribution in [2.45, 2.75) is 0 Å². The first-order valence-corrected chi connectivity index (χ1v) is 7.33. The summed E-state index contributed by atoms with van der Waals surface area (Å²) in [4.78, 5) is 12.3. The molecule has 0 aliphatic heterocycles. The maximum atomic E-state index is 13.6. The molecule has 0 fully saturated rings. The molecule has 0 aliphatic carbocycles. The van der Waals surface area contributed by atoms with Gasteiger partial charge in [-0.05, 0) is 24.3 Å². The normalized spacial score (nSPS) is 10.7. The van der Waals surface area contributed by atoms with Crippen molar-refractivity contribution in [1.82, 2.24) is 0 Å². The number of hydrogen-bond acceptors (Lipinski definition) is 5. The van der Waals surface area contributed by atoms with Crippen molar-refractivity contribution in [3.8, 4) is 17.6 Å². The Morgan fingerprint density at radius 2 is 1.88 bits per heavy atom. The van der Waals surface area contributed by atoms with Gasteiger partial charge in [0.15, 0.2) is 0 Å². The Morgan fingerprint density at radius 1 is 1.12 bits per heavy atom. The van der Waals surface area contributed by atoms with Crippen LogP contribution in [-0.2, 0) is 4.79 Å². The van der Waals surface area contributed by atoms with Gasteiger partial charge >= 0.3 is 0 Å². The zero-order valence-corrected chi connectivity index (χ0v) is 14.0. The molecule has 8 heteroatoms. The molecule has 0 radical (unpaired) electrons. The number of ether oxygens (including phenoxy) is 2. The van der Waals surface area contributed by atoms with E-state index in [1.807, 2.05) is 0 Å². The number of benzene rings is 2. The van der Waals surface area contributed by atoms with Crippen molar-refractivity contribution >= 4 is 17.3 Å². The van der Waals surface area contributed by atoms with Crippen LogP contribution in [0.25, 0.3) is 0 Å². The predicted molar refractivity (Wildman–Crippen MR) is 91.9 cm³/mol. The number of hydrogen-bond donors (Lipinski definition) is 2. The molecule has 0 bridgehead atoms. The second-order valence-corrected chi connectivity index (χ2v) is 4.96. The molecule has 0 heterocycles. The van der Waals surface area contributed by atoms with E-state index in [0.29, 0.717) is 23.3 Å². The monoisotopic (exact) mass is 359 g/mol. The SMILES string of the molecule is COc1ccc(OC)c(NC(=O)/C(C#N)=C\Nc2ccc(F)cc2F)c1. The van der Waals surface area contributed by atoms with E-state index in [9.17, 15) is 13.6 Å². The maximum Gasteiger partial charge on any atom is 0.267 e. The fourth-order valence-electron chi connectivity index (χ4n) is 2.01. The number of carbonyl (C=O) groups excluding carboxylic acids is 1. The number of rotatable bonds is 6. The van der Waals surface area contributed by atoms with E-state index in [1.165, 1.54) is 20.3 Å². The number of nitrogens with zero attached hydrogens (tertiary/aromatic N) is 1. The summed E-state index contributed by atoms with van der Waals surface area (Å²) >= 11 is 0. The van der Waals surface area contributed by atoms with Gasteiger partial charge in [0.25, 0.3) is 5.91 Å². The van der Waals surface area contributed by atoms with Crippen molar-refractivity contribution in [1.29, 1.82) is 5.26 Å². The van der Waals surface area contributed by atoms with Gasteiger partial charge in [0, 0.05) is 18.3 Å². The third kappa shape index (κ3) is 4.48. The van der Waals surface area contributed by atoms with E-state index in [1.54, 1.807) is 18.2 Å². The standard InChI is InChI=1S/C18H15F2N3O3/c1-25-13-4-6-17(26-2)16(8-13)23-18(24)11(9-21)10-22-15-5-3-12(19)7-14(15)20/h3-8,10,22H,1-2H3,(H,23,24)/b11-10-. The van der Waals surface area contributed by atoms with E-state index in [2.05, 4.69) is 10.6 Å². The van der Waals surface area contributed by atoms with Crippen molar-refractivity contribution in [3.63, 3.8) is 0 Å². The minimum atomic E-state index is -0.853. The van der Waals surface area contributed by atoms with Gasteiger partial charge < -0.3 is 20.1 Å². The third-order valence-corrected chi connectivity index (χ3v) is 3.32. The minimum absolute atomic E-state index is 0.0779. The van der Waals surface area contributed by atoms with Gasteiger partial charge in [0.2, 0.25) is 0 Å². The van der Waals surface area contributed by atoms with Crippen molar-refractivity contribution in [3.05, 3.63) is 59.8 Å². The lowest BCUT2D eigenvalue weighted by Gasteiger charge is -2.11. The fourth-order valence-corrected chi connectivity index (χ4v) is 2.01. The van der Waals surface area contributed by atoms with Crippen LogP contribution in [0.1, 0.15) is 0 Å². The summed E-state index contributed by atoms with van der Waals surface area (Å²) in [5.74, 6) is -1.48. The largest absolute Gasteiger partial charge is 0.497 e. The smallest absolute Gasteiger partial charge is 0.267 e. The summed E-state index contributed by atoms with van der Waals surface area (Å²) in [6, 6.07) is 9.36. The zero-order valence-electron chi connectivity index (χ0n) is 14.0. The van der Waals surface area contributed by atoms with Gasteiger partial charge in [-0.3, -0.25) is 4.79 Å². The average Bonchev–Trinajstić information content (AvgIpc) is 2.63. The summed E-state index contributed by atoms with van der Waals surface area (Å²) in [7, 11) is 2.90. The summed E-state index contributed by atoms with van der Waals surface area (Å²) in [5.41, 5.74) is -0.101. The Bertz CT molecular complexity index is 892. The van der Waals surface area contributed by atoms with E-state index in [0.717, 1.165) is 18.3 Å². The van der Waals surface area contributed by atoms with Gasteiger partial charge in [-0.2, -0.15) is 5.26 Å². The van der Waals surface area contributed by atoms with Crippen LogP contribution < -0.4 is 20.1 Å². The van der Waals surface area contributed by atoms with Gasteiger partial charge in [-0.25, -0.2) is 8.78 Å². The average molecular weight is 359 g/mol. The van der Waals surface area contributed by atoms with Crippen molar-refractivity contribution in [2.24, 2.45) is 0 Å². The number of amides is 1. The molecule has 0 unspecified atom stereocenters. The summed E-state index contributed by atoms with van der Waals surface area (Å²) in [5, 5.41) is 14.1. The highest BCUT2D eigenvalue weighted by molar-refractivity contribution is 6.07. The number of nitrogens with one attached hydrogen (secondary N) is 2. The van der Waals surface area contributed by atoms with Crippen LogP contribution in [0.15, 0.2) is 48.2 Å². The maximum absolute atomic E-state index is 13.6. The fraction of sp³-hybridized carbons (Fsp3) is 0.111. The molecule has 2 rings (SSSR count). The lowest BCUT2D eigenvalue weighted by Crippen LogP contribution is -2.15. The minimum Gasteiger partial charge on any atom is -0.497 e. The number of carbonyl (C=O) groups is 1. The van der Waals surface area contributed by atoms with Crippen LogP contribution in [0.4, 0.5) is 20.2 Å². The first-order valence-electron chi connectivity index (χ1n) is 7.33. The Morgan fingerprint density at radius 3 is 2.50 bits per heavy atom. The Hall–Kier alpha value is -3.60. The Kier molecular flexibility index (Phi) is 6.11. The molecule has 6 nitrogen and oxygen atoms in total. The number of halogens is 2. The van der Waals surface area contributed by atoms with E-state index >= 15 is 0 Å². The van der Waals surface area contributed by atoms with E-state index < -0.39 is 17.5 Å². The lowest BCUT2D eigenvalue weighted by atomic mass is 10.2. The molecule has 0 aromatic heterocycles. The zero-order chi connectivity index (χ0) is 19.1. The van der Waals surface area contributed by atoms with Crippen LogP contribution in [0.5, 0.6) is 11.5 Å². The van der Waals surface area contributed by atoms with Crippen LogP contribution in [-0.4, -0.2) is 20.1 Å². The molecular weight excluding hydrogens is 344 g/mol. The second kappa shape index (κ2) is 8.48. The number of anilines is 2.